The van der Waals surface area contributed by atoms with Crippen molar-refractivity contribution in [3.63, 3.8) is 0 Å². The van der Waals surface area contributed by atoms with Crippen LogP contribution in [0.1, 0.15) is 70.0 Å². The third-order valence-corrected chi connectivity index (χ3v) is 8.49. The van der Waals surface area contributed by atoms with Gasteiger partial charge in [-0.05, 0) is 71.8 Å². The number of carbonyl (C=O) groups excluding carboxylic acids is 2. The van der Waals surface area contributed by atoms with E-state index in [1.165, 1.54) is 13.0 Å². The van der Waals surface area contributed by atoms with E-state index < -0.39 is 12.1 Å². The molecular weight excluding hydrogens is 598 g/mol. The van der Waals surface area contributed by atoms with Gasteiger partial charge < -0.3 is 35.1 Å². The smallest absolute Gasteiger partial charge is 0.247 e. The van der Waals surface area contributed by atoms with Crippen molar-refractivity contribution in [1.29, 1.82) is 0 Å². The summed E-state index contributed by atoms with van der Waals surface area (Å²) in [5.74, 6) is 1.88. The summed E-state index contributed by atoms with van der Waals surface area (Å²) in [4.78, 5) is 47.8. The molecule has 0 fully saturated rings. The Hall–Kier alpha value is -5.06. The fourth-order valence-corrected chi connectivity index (χ4v) is 6.13. The number of hydrogen-bond acceptors (Lipinski definition) is 8. The lowest BCUT2D eigenvalue weighted by molar-refractivity contribution is -0.120. The molecule has 47 heavy (non-hydrogen) atoms. The Bertz CT molecular complexity index is 1880. The highest BCUT2D eigenvalue weighted by Crippen LogP contribution is 2.50. The first kappa shape index (κ1) is 33.3. The topological polar surface area (TPSA) is 144 Å². The Morgan fingerprint density at radius 2 is 1.70 bits per heavy atom. The molecule has 0 unspecified atom stereocenters. The molecule has 248 valence electrons. The van der Waals surface area contributed by atoms with Gasteiger partial charge in [0, 0.05) is 24.1 Å². The number of amides is 2. The van der Waals surface area contributed by atoms with Gasteiger partial charge in [0.1, 0.15) is 11.9 Å². The lowest BCUT2D eigenvalue weighted by atomic mass is 9.95. The normalized spacial score (nSPS) is 14.6. The van der Waals surface area contributed by atoms with Crippen molar-refractivity contribution < 1.29 is 23.8 Å². The molecule has 1 aliphatic rings. The van der Waals surface area contributed by atoms with Crippen molar-refractivity contribution in [3.8, 4) is 28.4 Å². The number of ether oxygens (including phenoxy) is 3. The van der Waals surface area contributed by atoms with E-state index in [4.69, 9.17) is 14.2 Å². The second kappa shape index (κ2) is 13.7. The average molecular weight is 642 g/mol. The highest BCUT2D eigenvalue weighted by atomic mass is 16.5. The number of carbonyl (C=O) groups is 2. The van der Waals surface area contributed by atoms with Crippen LogP contribution in [0.15, 0.2) is 47.3 Å². The van der Waals surface area contributed by atoms with E-state index in [0.29, 0.717) is 46.9 Å². The van der Waals surface area contributed by atoms with Crippen molar-refractivity contribution in [2.45, 2.75) is 65.5 Å². The van der Waals surface area contributed by atoms with Gasteiger partial charge in [-0.15, -0.1) is 0 Å². The number of fused-ring (bicyclic) bond motifs is 4. The number of aromatic nitrogens is 2. The zero-order valence-electron chi connectivity index (χ0n) is 28.2. The summed E-state index contributed by atoms with van der Waals surface area (Å²) >= 11 is 0. The van der Waals surface area contributed by atoms with E-state index in [1.807, 2.05) is 44.2 Å². The Morgan fingerprint density at radius 1 is 0.957 bits per heavy atom. The molecule has 0 saturated carbocycles. The number of imidazole rings is 1. The van der Waals surface area contributed by atoms with Crippen LogP contribution in [0.2, 0.25) is 0 Å². The van der Waals surface area contributed by atoms with Gasteiger partial charge in [-0.25, -0.2) is 4.98 Å². The maximum Gasteiger partial charge on any atom is 0.247 e. The van der Waals surface area contributed by atoms with Crippen LogP contribution in [0.3, 0.4) is 0 Å². The summed E-state index contributed by atoms with van der Waals surface area (Å²) in [5, 5.41) is 9.25. The number of anilines is 2. The number of aromatic amines is 1. The van der Waals surface area contributed by atoms with Crippen LogP contribution in [0.5, 0.6) is 17.2 Å². The minimum absolute atomic E-state index is 0.161. The van der Waals surface area contributed by atoms with Crippen LogP contribution < -0.4 is 35.6 Å². The number of H-pyrrole nitrogens is 1. The van der Waals surface area contributed by atoms with Crippen LogP contribution in [0.25, 0.3) is 22.2 Å². The molecule has 4 N–H and O–H groups in total. The van der Waals surface area contributed by atoms with Crippen LogP contribution in [-0.4, -0.2) is 49.2 Å². The molecule has 0 bridgehead atoms. The fraction of sp³-hybridized carbons (Fsp3) is 0.389. The van der Waals surface area contributed by atoms with Gasteiger partial charge in [-0.1, -0.05) is 33.8 Å². The Morgan fingerprint density at radius 3 is 2.34 bits per heavy atom. The Labute approximate surface area is 274 Å². The molecular formula is C36H43N5O6. The number of methoxy groups -OCH3 is 3. The van der Waals surface area contributed by atoms with Crippen LogP contribution in [0.4, 0.5) is 11.4 Å². The van der Waals surface area contributed by atoms with Gasteiger partial charge in [0.2, 0.25) is 23.0 Å². The molecule has 2 atom stereocenters. The molecule has 3 aromatic carbocycles. The molecule has 1 aliphatic carbocycles. The largest absolute Gasteiger partial charge is 0.493 e. The third-order valence-electron chi connectivity index (χ3n) is 8.49. The Kier molecular flexibility index (Phi) is 9.74. The van der Waals surface area contributed by atoms with Crippen molar-refractivity contribution in [2.24, 2.45) is 5.92 Å². The molecule has 1 aromatic heterocycles. The molecule has 5 rings (SSSR count). The summed E-state index contributed by atoms with van der Waals surface area (Å²) in [6, 6.07) is 11.3. The fourth-order valence-electron chi connectivity index (χ4n) is 6.13. The van der Waals surface area contributed by atoms with Crippen LogP contribution in [0, 0.1) is 5.92 Å². The second-order valence-corrected chi connectivity index (χ2v) is 12.5. The number of nitrogens with one attached hydrogen (secondary N) is 4. The van der Waals surface area contributed by atoms with Gasteiger partial charge in [-0.2, -0.15) is 0 Å². The number of hydrogen-bond donors (Lipinski definition) is 4. The quantitative estimate of drug-likeness (QED) is 0.167. The molecule has 1 heterocycles. The van der Waals surface area contributed by atoms with E-state index >= 15 is 0 Å². The zero-order valence-corrected chi connectivity index (χ0v) is 28.2. The van der Waals surface area contributed by atoms with Gasteiger partial charge in [0.15, 0.2) is 11.5 Å². The zero-order chi connectivity index (χ0) is 34.0. The SMILES string of the molecule is COc1cc2c(c(OC)c1OC)-c1ccc(N[C@@H](C(=O)Nc3ccc4nc(C(C)C)[nH]c4c3)C(C)C)c(=O)cc1[C@H](NC(C)=O)CC2. The number of rotatable bonds is 10. The summed E-state index contributed by atoms with van der Waals surface area (Å²) in [6.07, 6.45) is 1.13. The number of benzene rings is 2. The van der Waals surface area contributed by atoms with Gasteiger partial charge in [0.25, 0.3) is 0 Å². The first-order chi connectivity index (χ1) is 22.4. The predicted molar refractivity (Wildman–Crippen MR) is 184 cm³/mol. The molecule has 11 nitrogen and oxygen atoms in total. The van der Waals surface area contributed by atoms with Gasteiger partial charge >= 0.3 is 0 Å². The molecule has 0 radical (unpaired) electrons. The highest BCUT2D eigenvalue weighted by molar-refractivity contribution is 5.98. The van der Waals surface area contributed by atoms with Crippen molar-refractivity contribution in [2.75, 3.05) is 32.0 Å². The van der Waals surface area contributed by atoms with E-state index in [0.717, 1.165) is 28.0 Å². The molecule has 0 spiro atoms. The number of nitrogens with zero attached hydrogens (tertiary/aromatic N) is 1. The first-order valence-corrected chi connectivity index (χ1v) is 15.8. The lowest BCUT2D eigenvalue weighted by Gasteiger charge is -2.22. The van der Waals surface area contributed by atoms with Crippen molar-refractivity contribution in [3.05, 3.63) is 69.6 Å². The van der Waals surface area contributed by atoms with E-state index in [-0.39, 0.29) is 34.8 Å². The average Bonchev–Trinajstić information content (AvgIpc) is 3.33. The summed E-state index contributed by atoms with van der Waals surface area (Å²) in [5.41, 5.74) is 5.23. The first-order valence-electron chi connectivity index (χ1n) is 15.8. The van der Waals surface area contributed by atoms with Crippen molar-refractivity contribution in [1.82, 2.24) is 15.3 Å². The molecule has 4 aromatic rings. The summed E-state index contributed by atoms with van der Waals surface area (Å²) < 4.78 is 17.2. The van der Waals surface area contributed by atoms with Crippen LogP contribution >= 0.6 is 0 Å². The molecule has 0 aliphatic heterocycles. The van der Waals surface area contributed by atoms with Crippen LogP contribution in [-0.2, 0) is 16.0 Å². The van der Waals surface area contributed by atoms with E-state index in [9.17, 15) is 14.4 Å². The molecule has 2 amide bonds. The van der Waals surface area contributed by atoms with Gasteiger partial charge in [-0.3, -0.25) is 14.4 Å². The highest BCUT2D eigenvalue weighted by Gasteiger charge is 2.30. The molecule has 0 saturated heterocycles. The summed E-state index contributed by atoms with van der Waals surface area (Å²) in [6.45, 7) is 9.42. The van der Waals surface area contributed by atoms with Crippen molar-refractivity contribution >= 4 is 34.2 Å². The Balaban J connectivity index is 1.55. The van der Waals surface area contributed by atoms with Gasteiger partial charge in [0.05, 0.1) is 44.1 Å². The third kappa shape index (κ3) is 6.74. The number of aryl methyl sites for hydroxylation is 1. The lowest BCUT2D eigenvalue weighted by Crippen LogP contribution is -2.39. The minimum Gasteiger partial charge on any atom is -0.493 e. The predicted octanol–water partition coefficient (Wildman–Crippen LogP) is 5.94. The van der Waals surface area contributed by atoms with E-state index in [1.54, 1.807) is 27.4 Å². The standard InChI is InChI=1S/C36H43N5O6/c1-18(2)32(36(44)38-22-10-13-26-28(16-22)41-35(40-26)19(3)4)39-27-14-11-23-24(17-29(27)43)25(37-20(5)42)12-9-21-15-30(45-6)33(46-7)34(47-8)31(21)23/h10-11,13-19,25,32H,9,12H2,1-8H3,(H,37,42)(H,38,44)(H,39,43)(H,40,41)/t25-,32-/m1/s1. The summed E-state index contributed by atoms with van der Waals surface area (Å²) in [7, 11) is 4.66. The maximum atomic E-state index is 13.9. The molecule has 11 heteroatoms. The van der Waals surface area contributed by atoms with E-state index in [2.05, 4.69) is 39.8 Å². The second-order valence-electron chi connectivity index (χ2n) is 12.5. The minimum atomic E-state index is -0.731. The maximum absolute atomic E-state index is 13.9. The monoisotopic (exact) mass is 641 g/mol.